The van der Waals surface area contributed by atoms with Crippen molar-refractivity contribution in [3.05, 3.63) is 71.7 Å². The molecule has 2 aromatic rings. The summed E-state index contributed by atoms with van der Waals surface area (Å²) in [4.78, 5) is 32.6. The number of benzene rings is 2. The van der Waals surface area contributed by atoms with Crippen LogP contribution in [0, 0.1) is 20.2 Å². The molecule has 0 fully saturated rings. The highest BCUT2D eigenvalue weighted by Gasteiger charge is 2.21. The van der Waals surface area contributed by atoms with Gasteiger partial charge in [-0.1, -0.05) is 11.6 Å². The number of nitro groups is 2. The van der Waals surface area contributed by atoms with Gasteiger partial charge in [0.15, 0.2) is 0 Å². The summed E-state index contributed by atoms with van der Waals surface area (Å²) in [5.41, 5.74) is -0.533. The van der Waals surface area contributed by atoms with Gasteiger partial charge >= 0.3 is 0 Å². The molecule has 2 rings (SSSR count). The minimum absolute atomic E-state index is 0.129. The Morgan fingerprint density at radius 2 is 1.78 bits per heavy atom. The van der Waals surface area contributed by atoms with Crippen LogP contribution in [0.15, 0.2) is 40.9 Å². The Labute approximate surface area is 142 Å². The van der Waals surface area contributed by atoms with Gasteiger partial charge in [0.25, 0.3) is 17.3 Å². The number of hydrogen-bond donors (Lipinski definition) is 1. The minimum Gasteiger partial charge on any atom is -0.321 e. The van der Waals surface area contributed by atoms with Crippen LogP contribution in [0.1, 0.15) is 10.4 Å². The van der Waals surface area contributed by atoms with Crippen molar-refractivity contribution in [1.82, 2.24) is 0 Å². The van der Waals surface area contributed by atoms with Crippen LogP contribution in [0.4, 0.5) is 17.1 Å². The summed E-state index contributed by atoms with van der Waals surface area (Å²) in [5.74, 6) is -0.733. The van der Waals surface area contributed by atoms with Crippen LogP contribution in [0.3, 0.4) is 0 Å². The Kier molecular flexibility index (Phi) is 4.92. The molecule has 0 heterocycles. The van der Waals surface area contributed by atoms with E-state index in [0.29, 0.717) is 0 Å². The van der Waals surface area contributed by atoms with Crippen LogP contribution in [0.25, 0.3) is 0 Å². The maximum absolute atomic E-state index is 12.2. The lowest BCUT2D eigenvalue weighted by Crippen LogP contribution is -2.14. The number of nitro benzene ring substituents is 2. The van der Waals surface area contributed by atoms with Gasteiger partial charge in [-0.3, -0.25) is 25.0 Å². The van der Waals surface area contributed by atoms with Crippen molar-refractivity contribution >= 4 is 50.5 Å². The van der Waals surface area contributed by atoms with Gasteiger partial charge in [-0.25, -0.2) is 0 Å². The van der Waals surface area contributed by atoms with Crippen molar-refractivity contribution < 1.29 is 14.6 Å². The molecule has 0 aromatic heterocycles. The number of halogens is 2. The number of non-ortho nitro benzene ring substituents is 1. The fourth-order valence-corrected chi connectivity index (χ4v) is 2.39. The molecule has 0 unspecified atom stereocenters. The van der Waals surface area contributed by atoms with Crippen molar-refractivity contribution in [2.45, 2.75) is 0 Å². The number of amides is 1. The molecule has 23 heavy (non-hydrogen) atoms. The van der Waals surface area contributed by atoms with Gasteiger partial charge < -0.3 is 5.32 Å². The average Bonchev–Trinajstić information content (AvgIpc) is 2.48. The third-order valence-electron chi connectivity index (χ3n) is 2.81. The molecule has 0 aliphatic rings. The zero-order valence-corrected chi connectivity index (χ0v) is 13.5. The molecule has 10 heteroatoms. The lowest BCUT2D eigenvalue weighted by molar-refractivity contribution is -0.385. The fraction of sp³-hybridized carbons (Fsp3) is 0. The monoisotopic (exact) mass is 399 g/mol. The van der Waals surface area contributed by atoms with Gasteiger partial charge in [0.05, 0.1) is 15.5 Å². The SMILES string of the molecule is O=C(Nc1ccc([N+](=O)[O-])cc1Br)c1ccc(Cl)cc1[N+](=O)[O-]. The molecule has 0 bridgehead atoms. The predicted molar refractivity (Wildman–Crippen MR) is 86.9 cm³/mol. The second kappa shape index (κ2) is 6.71. The zero-order chi connectivity index (χ0) is 17.1. The third-order valence-corrected chi connectivity index (χ3v) is 3.70. The smallest absolute Gasteiger partial charge is 0.283 e. The van der Waals surface area contributed by atoms with Crippen LogP contribution >= 0.6 is 27.5 Å². The minimum atomic E-state index is -0.733. The molecule has 0 atom stereocenters. The highest BCUT2D eigenvalue weighted by Crippen LogP contribution is 2.29. The molecular weight excluding hydrogens is 394 g/mol. The van der Waals surface area contributed by atoms with E-state index in [1.54, 1.807) is 0 Å². The summed E-state index contributed by atoms with van der Waals surface area (Å²) in [5, 5.41) is 24.3. The molecular formula is C13H7BrClN3O5. The van der Waals surface area contributed by atoms with Crippen molar-refractivity contribution in [1.29, 1.82) is 0 Å². The first-order valence-corrected chi connectivity index (χ1v) is 7.16. The number of nitrogens with zero attached hydrogens (tertiary/aromatic N) is 2. The van der Waals surface area contributed by atoms with E-state index in [4.69, 9.17) is 11.6 Å². The standard InChI is InChI=1S/C13H7BrClN3O5/c14-10-6-8(17(20)21)2-4-11(10)16-13(19)9-3-1-7(15)5-12(9)18(22)23/h1-6H,(H,16,19). The topological polar surface area (TPSA) is 115 Å². The lowest BCUT2D eigenvalue weighted by Gasteiger charge is -2.08. The van der Waals surface area contributed by atoms with E-state index < -0.39 is 21.4 Å². The first-order chi connectivity index (χ1) is 10.8. The van der Waals surface area contributed by atoms with Crippen LogP contribution in [-0.2, 0) is 0 Å². The highest BCUT2D eigenvalue weighted by atomic mass is 79.9. The van der Waals surface area contributed by atoms with Gasteiger partial charge in [-0.15, -0.1) is 0 Å². The van der Waals surface area contributed by atoms with Crippen LogP contribution in [0.2, 0.25) is 5.02 Å². The molecule has 0 aliphatic carbocycles. The van der Waals surface area contributed by atoms with Gasteiger partial charge in [0, 0.05) is 27.7 Å². The van der Waals surface area contributed by atoms with E-state index >= 15 is 0 Å². The zero-order valence-electron chi connectivity index (χ0n) is 11.2. The molecule has 1 N–H and O–H groups in total. The van der Waals surface area contributed by atoms with Gasteiger partial charge in [-0.05, 0) is 34.1 Å². The fourth-order valence-electron chi connectivity index (χ4n) is 1.76. The molecule has 1 amide bonds. The first-order valence-electron chi connectivity index (χ1n) is 5.99. The first kappa shape index (κ1) is 16.8. The molecule has 0 saturated carbocycles. The van der Waals surface area contributed by atoms with E-state index in [2.05, 4.69) is 21.2 Å². The summed E-state index contributed by atoms with van der Waals surface area (Å²) in [6, 6.07) is 7.40. The average molecular weight is 401 g/mol. The molecule has 0 spiro atoms. The number of carbonyl (C=O) groups is 1. The highest BCUT2D eigenvalue weighted by molar-refractivity contribution is 9.10. The van der Waals surface area contributed by atoms with Crippen LogP contribution in [-0.4, -0.2) is 15.8 Å². The van der Waals surface area contributed by atoms with E-state index in [9.17, 15) is 25.0 Å². The summed E-state index contributed by atoms with van der Waals surface area (Å²) in [6.07, 6.45) is 0. The summed E-state index contributed by atoms with van der Waals surface area (Å²) < 4.78 is 0.275. The van der Waals surface area contributed by atoms with Crippen molar-refractivity contribution in [2.75, 3.05) is 5.32 Å². The summed E-state index contributed by atoms with van der Waals surface area (Å²) >= 11 is 8.79. The normalized spacial score (nSPS) is 10.2. The van der Waals surface area contributed by atoms with E-state index in [1.165, 1.54) is 30.3 Å². The number of carbonyl (C=O) groups excluding carboxylic acids is 1. The van der Waals surface area contributed by atoms with Crippen molar-refractivity contribution in [3.63, 3.8) is 0 Å². The van der Waals surface area contributed by atoms with E-state index in [-0.39, 0.29) is 26.4 Å². The molecule has 0 aliphatic heterocycles. The summed E-state index contributed by atoms with van der Waals surface area (Å²) in [7, 11) is 0. The lowest BCUT2D eigenvalue weighted by atomic mass is 10.1. The Hall–Kier alpha value is -2.52. The van der Waals surface area contributed by atoms with E-state index in [1.807, 2.05) is 0 Å². The van der Waals surface area contributed by atoms with Gasteiger partial charge in [0.1, 0.15) is 5.56 Å². The maximum atomic E-state index is 12.2. The Morgan fingerprint density at radius 1 is 1.09 bits per heavy atom. The summed E-state index contributed by atoms with van der Waals surface area (Å²) in [6.45, 7) is 0. The quantitative estimate of drug-likeness (QED) is 0.611. The Morgan fingerprint density at radius 3 is 2.35 bits per heavy atom. The maximum Gasteiger partial charge on any atom is 0.283 e. The van der Waals surface area contributed by atoms with Crippen molar-refractivity contribution in [2.24, 2.45) is 0 Å². The molecule has 0 radical (unpaired) electrons. The van der Waals surface area contributed by atoms with Gasteiger partial charge in [0.2, 0.25) is 0 Å². The molecule has 8 nitrogen and oxygen atoms in total. The second-order valence-electron chi connectivity index (χ2n) is 4.29. The molecule has 118 valence electrons. The number of anilines is 1. The number of rotatable bonds is 4. The van der Waals surface area contributed by atoms with Crippen molar-refractivity contribution in [3.8, 4) is 0 Å². The largest absolute Gasteiger partial charge is 0.321 e. The van der Waals surface area contributed by atoms with Crippen LogP contribution in [0.5, 0.6) is 0 Å². The molecule has 2 aromatic carbocycles. The van der Waals surface area contributed by atoms with Crippen LogP contribution < -0.4 is 5.32 Å². The van der Waals surface area contributed by atoms with E-state index in [0.717, 1.165) is 6.07 Å². The molecule has 0 saturated heterocycles. The Bertz CT molecular complexity index is 827. The number of nitrogens with one attached hydrogen (secondary N) is 1. The van der Waals surface area contributed by atoms with Gasteiger partial charge in [-0.2, -0.15) is 0 Å². The second-order valence-corrected chi connectivity index (χ2v) is 5.58. The third kappa shape index (κ3) is 3.82. The Balaban J connectivity index is 2.33. The predicted octanol–water partition coefficient (Wildman–Crippen LogP) is 4.17. The number of hydrogen-bond acceptors (Lipinski definition) is 5.